The standard InChI is InChI=1S/C13H10ClF3N2/c14-9-2-1-3-10(15)12(9)19-11-5-4-7(18)6-8(11)13(16)17/h1-6,13,19H,18H2. The van der Waals surface area contributed by atoms with Crippen molar-refractivity contribution in [1.82, 2.24) is 0 Å². The van der Waals surface area contributed by atoms with Crippen LogP contribution >= 0.6 is 11.6 Å². The van der Waals surface area contributed by atoms with Gasteiger partial charge >= 0.3 is 0 Å². The van der Waals surface area contributed by atoms with Crippen LogP contribution in [0.25, 0.3) is 0 Å². The van der Waals surface area contributed by atoms with E-state index in [0.29, 0.717) is 0 Å². The molecule has 19 heavy (non-hydrogen) atoms. The number of nitrogens with one attached hydrogen (secondary N) is 1. The Morgan fingerprint density at radius 1 is 1.16 bits per heavy atom. The molecule has 0 atom stereocenters. The van der Waals surface area contributed by atoms with E-state index in [0.717, 1.165) is 6.07 Å². The van der Waals surface area contributed by atoms with Crippen LogP contribution in [0.3, 0.4) is 0 Å². The van der Waals surface area contributed by atoms with Gasteiger partial charge in [0.05, 0.1) is 10.7 Å². The Kier molecular flexibility index (Phi) is 3.85. The van der Waals surface area contributed by atoms with Crippen LogP contribution in [0.1, 0.15) is 12.0 Å². The number of benzene rings is 2. The fourth-order valence-corrected chi connectivity index (χ4v) is 1.84. The zero-order valence-electron chi connectivity index (χ0n) is 9.63. The van der Waals surface area contributed by atoms with Gasteiger partial charge in [-0.3, -0.25) is 0 Å². The second kappa shape index (κ2) is 5.40. The number of alkyl halides is 2. The first-order valence-corrected chi connectivity index (χ1v) is 5.75. The summed E-state index contributed by atoms with van der Waals surface area (Å²) >= 11 is 5.83. The van der Waals surface area contributed by atoms with Crippen LogP contribution in [0.15, 0.2) is 36.4 Å². The number of halogens is 4. The van der Waals surface area contributed by atoms with Crippen molar-refractivity contribution < 1.29 is 13.2 Å². The molecule has 2 nitrogen and oxygen atoms in total. The number of rotatable bonds is 3. The van der Waals surface area contributed by atoms with E-state index >= 15 is 0 Å². The molecule has 0 spiro atoms. The fourth-order valence-electron chi connectivity index (χ4n) is 1.63. The van der Waals surface area contributed by atoms with Gasteiger partial charge in [0.15, 0.2) is 0 Å². The zero-order chi connectivity index (χ0) is 14.0. The van der Waals surface area contributed by atoms with Crippen LogP contribution in [0.2, 0.25) is 5.02 Å². The molecule has 2 rings (SSSR count). The summed E-state index contributed by atoms with van der Waals surface area (Å²) in [7, 11) is 0. The smallest absolute Gasteiger partial charge is 0.265 e. The number of nitrogens with two attached hydrogens (primary N) is 1. The molecule has 0 heterocycles. The Bertz CT molecular complexity index is 582. The molecule has 0 bridgehead atoms. The van der Waals surface area contributed by atoms with Crippen molar-refractivity contribution in [2.24, 2.45) is 0 Å². The van der Waals surface area contributed by atoms with Crippen LogP contribution < -0.4 is 11.1 Å². The number of nitrogen functional groups attached to an aromatic ring is 1. The first-order valence-electron chi connectivity index (χ1n) is 5.37. The average molecular weight is 287 g/mol. The first kappa shape index (κ1) is 13.5. The molecule has 0 aromatic heterocycles. The molecule has 6 heteroatoms. The van der Waals surface area contributed by atoms with E-state index in [2.05, 4.69) is 5.32 Å². The summed E-state index contributed by atoms with van der Waals surface area (Å²) in [6.45, 7) is 0. The molecule has 0 saturated carbocycles. The molecule has 2 aromatic carbocycles. The molecule has 0 aliphatic heterocycles. The van der Waals surface area contributed by atoms with Crippen molar-refractivity contribution in [2.45, 2.75) is 6.43 Å². The van der Waals surface area contributed by atoms with Gasteiger partial charge in [0.2, 0.25) is 0 Å². The fraction of sp³-hybridized carbons (Fsp3) is 0.0769. The summed E-state index contributed by atoms with van der Waals surface area (Å²) in [6.07, 6.45) is -2.73. The predicted octanol–water partition coefficient (Wildman–Crippen LogP) is 4.74. The molecule has 3 N–H and O–H groups in total. The molecule has 0 aliphatic rings. The van der Waals surface area contributed by atoms with Gasteiger partial charge in [-0.1, -0.05) is 17.7 Å². The summed E-state index contributed by atoms with van der Waals surface area (Å²) in [5.41, 5.74) is 5.38. The number of anilines is 3. The molecule has 100 valence electrons. The van der Waals surface area contributed by atoms with Gasteiger partial charge in [0.25, 0.3) is 6.43 Å². The Morgan fingerprint density at radius 2 is 1.89 bits per heavy atom. The quantitative estimate of drug-likeness (QED) is 0.800. The predicted molar refractivity (Wildman–Crippen MR) is 70.5 cm³/mol. The van der Waals surface area contributed by atoms with Gasteiger partial charge < -0.3 is 11.1 Å². The monoisotopic (exact) mass is 286 g/mol. The van der Waals surface area contributed by atoms with Crippen LogP contribution in [0.5, 0.6) is 0 Å². The second-order valence-electron chi connectivity index (χ2n) is 3.87. The molecule has 0 unspecified atom stereocenters. The number of hydrogen-bond acceptors (Lipinski definition) is 2. The van der Waals surface area contributed by atoms with E-state index in [4.69, 9.17) is 17.3 Å². The van der Waals surface area contributed by atoms with Crippen LogP contribution in [0, 0.1) is 5.82 Å². The Labute approximate surface area is 113 Å². The van der Waals surface area contributed by atoms with Crippen LogP contribution in [-0.4, -0.2) is 0 Å². The Morgan fingerprint density at radius 3 is 2.53 bits per heavy atom. The third kappa shape index (κ3) is 2.93. The summed E-state index contributed by atoms with van der Waals surface area (Å²) in [4.78, 5) is 0. The topological polar surface area (TPSA) is 38.0 Å². The van der Waals surface area contributed by atoms with E-state index in [9.17, 15) is 13.2 Å². The lowest BCUT2D eigenvalue weighted by molar-refractivity contribution is 0.152. The molecule has 0 saturated heterocycles. The summed E-state index contributed by atoms with van der Waals surface area (Å²) in [5, 5.41) is 2.68. The van der Waals surface area contributed by atoms with Crippen LogP contribution in [-0.2, 0) is 0 Å². The summed E-state index contributed by atoms with van der Waals surface area (Å²) in [5.74, 6) is -0.621. The molecule has 2 aromatic rings. The Hall–Kier alpha value is -1.88. The second-order valence-corrected chi connectivity index (χ2v) is 4.28. The van der Waals surface area contributed by atoms with Gasteiger partial charge in [0.1, 0.15) is 5.82 Å². The molecule has 0 amide bonds. The lowest BCUT2D eigenvalue weighted by Crippen LogP contribution is -2.00. The Balaban J connectivity index is 2.44. The normalized spacial score (nSPS) is 10.8. The highest BCUT2D eigenvalue weighted by atomic mass is 35.5. The van der Waals surface area contributed by atoms with Crippen molar-refractivity contribution in [3.8, 4) is 0 Å². The van der Waals surface area contributed by atoms with Crippen molar-refractivity contribution in [3.63, 3.8) is 0 Å². The summed E-state index contributed by atoms with van der Waals surface area (Å²) in [6, 6.07) is 8.03. The number of hydrogen-bond donors (Lipinski definition) is 2. The first-order chi connectivity index (χ1) is 8.99. The van der Waals surface area contributed by atoms with Crippen molar-refractivity contribution in [3.05, 3.63) is 52.8 Å². The van der Waals surface area contributed by atoms with Crippen molar-refractivity contribution >= 4 is 28.7 Å². The molecule has 0 aliphatic carbocycles. The third-order valence-electron chi connectivity index (χ3n) is 2.53. The molecule has 0 radical (unpaired) electrons. The van der Waals surface area contributed by atoms with E-state index in [1.807, 2.05) is 0 Å². The van der Waals surface area contributed by atoms with Crippen LogP contribution in [0.4, 0.5) is 30.2 Å². The summed E-state index contributed by atoms with van der Waals surface area (Å²) < 4.78 is 39.4. The van der Waals surface area contributed by atoms with E-state index in [-0.39, 0.29) is 27.6 Å². The molecular weight excluding hydrogens is 277 g/mol. The maximum Gasteiger partial charge on any atom is 0.265 e. The van der Waals surface area contributed by atoms with Gasteiger partial charge in [-0.05, 0) is 30.3 Å². The van der Waals surface area contributed by atoms with E-state index in [1.165, 1.54) is 30.3 Å². The van der Waals surface area contributed by atoms with Crippen molar-refractivity contribution in [1.29, 1.82) is 0 Å². The van der Waals surface area contributed by atoms with Crippen molar-refractivity contribution in [2.75, 3.05) is 11.1 Å². The van der Waals surface area contributed by atoms with Gasteiger partial charge in [-0.15, -0.1) is 0 Å². The minimum atomic E-state index is -2.73. The number of para-hydroxylation sites is 1. The maximum atomic E-state index is 13.6. The molecular formula is C13H10ClF3N2. The average Bonchev–Trinajstić information content (AvgIpc) is 2.35. The highest BCUT2D eigenvalue weighted by Gasteiger charge is 2.15. The maximum absolute atomic E-state index is 13.6. The zero-order valence-corrected chi connectivity index (χ0v) is 10.4. The van der Waals surface area contributed by atoms with E-state index in [1.54, 1.807) is 0 Å². The third-order valence-corrected chi connectivity index (χ3v) is 2.85. The lowest BCUT2D eigenvalue weighted by Gasteiger charge is -2.14. The van der Waals surface area contributed by atoms with Gasteiger partial charge in [-0.2, -0.15) is 0 Å². The highest BCUT2D eigenvalue weighted by Crippen LogP contribution is 2.34. The van der Waals surface area contributed by atoms with Gasteiger partial charge in [-0.25, -0.2) is 13.2 Å². The molecule has 0 fully saturated rings. The minimum Gasteiger partial charge on any atom is -0.399 e. The van der Waals surface area contributed by atoms with E-state index < -0.39 is 12.2 Å². The lowest BCUT2D eigenvalue weighted by atomic mass is 10.1. The SMILES string of the molecule is Nc1ccc(Nc2c(F)cccc2Cl)c(C(F)F)c1. The van der Waals surface area contributed by atoms with Gasteiger partial charge in [0, 0.05) is 16.9 Å². The largest absolute Gasteiger partial charge is 0.399 e. The minimum absolute atomic E-state index is 0.0455. The highest BCUT2D eigenvalue weighted by molar-refractivity contribution is 6.33.